The molecule has 7 nitrogen and oxygen atoms in total. The number of carbonyl (C=O) groups excluding carboxylic acids is 1. The summed E-state index contributed by atoms with van der Waals surface area (Å²) in [5, 5.41) is 5.95. The summed E-state index contributed by atoms with van der Waals surface area (Å²) in [6.07, 6.45) is 8.04. The van der Waals surface area contributed by atoms with E-state index >= 15 is 0 Å². The summed E-state index contributed by atoms with van der Waals surface area (Å²) < 4.78 is 11.2. The van der Waals surface area contributed by atoms with Gasteiger partial charge in [-0.1, -0.05) is 0 Å². The topological polar surface area (TPSA) is 93.3 Å². The number of H-pyrrole nitrogens is 1. The summed E-state index contributed by atoms with van der Waals surface area (Å²) in [4.78, 5) is 30.8. The summed E-state index contributed by atoms with van der Waals surface area (Å²) in [5.74, 6) is 0.538. The number of nitrogens with zero attached hydrogens (tertiary/aromatic N) is 1. The van der Waals surface area contributed by atoms with Crippen LogP contribution in [0.1, 0.15) is 25.3 Å². The summed E-state index contributed by atoms with van der Waals surface area (Å²) >= 11 is 0. The summed E-state index contributed by atoms with van der Waals surface area (Å²) in [7, 11) is 0. The van der Waals surface area contributed by atoms with Gasteiger partial charge in [-0.3, -0.25) is 9.59 Å². The average molecular weight is 379 g/mol. The highest BCUT2D eigenvalue weighted by Gasteiger charge is 2.21. The molecule has 0 spiro atoms. The fraction of sp³-hybridized carbons (Fsp3) is 0.286. The van der Waals surface area contributed by atoms with Gasteiger partial charge >= 0.3 is 0 Å². The maximum atomic E-state index is 12.3. The Kier molecular flexibility index (Phi) is 4.97. The zero-order chi connectivity index (χ0) is 19.5. The van der Waals surface area contributed by atoms with Crippen LogP contribution in [0.2, 0.25) is 0 Å². The quantitative estimate of drug-likeness (QED) is 0.507. The smallest absolute Gasteiger partial charge is 0.255 e. The Bertz CT molecular complexity index is 1120. The summed E-state index contributed by atoms with van der Waals surface area (Å²) in [5.41, 5.74) is 0.682. The lowest BCUT2D eigenvalue weighted by atomic mass is 10.0. The number of ether oxygens (including phenoxy) is 2. The lowest BCUT2D eigenvalue weighted by Gasteiger charge is -2.13. The molecule has 0 saturated carbocycles. The van der Waals surface area contributed by atoms with E-state index < -0.39 is 0 Å². The first-order valence-electron chi connectivity index (χ1n) is 9.30. The van der Waals surface area contributed by atoms with Crippen molar-refractivity contribution in [2.75, 3.05) is 13.2 Å². The Morgan fingerprint density at radius 3 is 2.93 bits per heavy atom. The highest BCUT2D eigenvalue weighted by molar-refractivity contribution is 6.02. The number of carbonyl (C=O) groups is 1. The highest BCUT2D eigenvalue weighted by atomic mass is 16.5. The zero-order valence-corrected chi connectivity index (χ0v) is 15.5. The molecule has 3 aromatic rings. The van der Waals surface area contributed by atoms with E-state index in [-0.39, 0.29) is 17.5 Å². The molecular weight excluding hydrogens is 358 g/mol. The second kappa shape index (κ2) is 7.72. The minimum absolute atomic E-state index is 0.00227. The molecule has 1 aromatic carbocycles. The monoisotopic (exact) mass is 379 g/mol. The minimum Gasteiger partial charge on any atom is -0.501 e. The van der Waals surface area contributed by atoms with Crippen LogP contribution in [-0.2, 0) is 9.53 Å². The van der Waals surface area contributed by atoms with E-state index in [1.165, 1.54) is 0 Å². The third-order valence-corrected chi connectivity index (χ3v) is 4.80. The number of amides is 1. The fourth-order valence-electron chi connectivity index (χ4n) is 3.37. The van der Waals surface area contributed by atoms with Crippen LogP contribution in [0.4, 0.5) is 0 Å². The minimum atomic E-state index is -0.154. The third-order valence-electron chi connectivity index (χ3n) is 4.80. The SMILES string of the molecule is CCO/C=C\c1c[nH]c(=O)c2cc3ccnc(OCC4CCC(=O)N4)c3cc12. The van der Waals surface area contributed by atoms with Gasteiger partial charge in [-0.05, 0) is 48.4 Å². The van der Waals surface area contributed by atoms with Gasteiger partial charge in [-0.15, -0.1) is 0 Å². The lowest BCUT2D eigenvalue weighted by molar-refractivity contribution is -0.119. The largest absolute Gasteiger partial charge is 0.501 e. The molecule has 0 radical (unpaired) electrons. The first-order chi connectivity index (χ1) is 13.7. The first-order valence-corrected chi connectivity index (χ1v) is 9.30. The van der Waals surface area contributed by atoms with Crippen molar-refractivity contribution in [3.63, 3.8) is 0 Å². The lowest BCUT2D eigenvalue weighted by Crippen LogP contribution is -2.31. The fourth-order valence-corrected chi connectivity index (χ4v) is 3.37. The Morgan fingerprint density at radius 2 is 2.14 bits per heavy atom. The number of hydrogen-bond donors (Lipinski definition) is 2. The molecular formula is C21H21N3O4. The van der Waals surface area contributed by atoms with Gasteiger partial charge in [0.15, 0.2) is 0 Å². The molecule has 0 bridgehead atoms. The highest BCUT2D eigenvalue weighted by Crippen LogP contribution is 2.29. The Morgan fingerprint density at radius 1 is 1.25 bits per heavy atom. The van der Waals surface area contributed by atoms with Crippen molar-refractivity contribution in [3.8, 4) is 5.88 Å². The number of benzene rings is 1. The number of nitrogens with one attached hydrogen (secondary N) is 2. The predicted molar refractivity (Wildman–Crippen MR) is 107 cm³/mol. The molecule has 2 N–H and O–H groups in total. The van der Waals surface area contributed by atoms with Gasteiger partial charge in [0.1, 0.15) is 6.61 Å². The van der Waals surface area contributed by atoms with Crippen LogP contribution in [-0.4, -0.2) is 35.1 Å². The Labute approximate surface area is 161 Å². The van der Waals surface area contributed by atoms with Crippen LogP contribution in [0, 0.1) is 0 Å². The second-order valence-electron chi connectivity index (χ2n) is 6.68. The molecule has 7 heteroatoms. The van der Waals surface area contributed by atoms with Gasteiger partial charge in [-0.2, -0.15) is 0 Å². The van der Waals surface area contributed by atoms with Gasteiger partial charge in [0.05, 0.1) is 18.9 Å². The van der Waals surface area contributed by atoms with Gasteiger partial charge in [0.25, 0.3) is 5.56 Å². The Hall–Kier alpha value is -3.35. The normalized spacial score (nSPS) is 16.8. The maximum absolute atomic E-state index is 12.3. The molecule has 3 heterocycles. The van der Waals surface area contributed by atoms with Crippen LogP contribution in [0.5, 0.6) is 5.88 Å². The van der Waals surface area contributed by atoms with Crippen molar-refractivity contribution in [2.45, 2.75) is 25.8 Å². The van der Waals surface area contributed by atoms with Gasteiger partial charge < -0.3 is 19.8 Å². The number of fused-ring (bicyclic) bond motifs is 2. The van der Waals surface area contributed by atoms with Crippen molar-refractivity contribution in [3.05, 3.63) is 52.8 Å². The molecule has 1 saturated heterocycles. The van der Waals surface area contributed by atoms with E-state index in [0.717, 1.165) is 28.1 Å². The number of hydrogen-bond acceptors (Lipinski definition) is 5. The van der Waals surface area contributed by atoms with Crippen molar-refractivity contribution in [1.82, 2.24) is 15.3 Å². The molecule has 0 aliphatic carbocycles. The Balaban J connectivity index is 1.75. The molecule has 1 atom stereocenters. The maximum Gasteiger partial charge on any atom is 0.255 e. The molecule has 1 aliphatic heterocycles. The van der Waals surface area contributed by atoms with Crippen molar-refractivity contribution in [1.29, 1.82) is 0 Å². The van der Waals surface area contributed by atoms with Crippen molar-refractivity contribution in [2.24, 2.45) is 0 Å². The van der Waals surface area contributed by atoms with Gasteiger partial charge in [0.2, 0.25) is 11.8 Å². The van der Waals surface area contributed by atoms with E-state index in [0.29, 0.717) is 30.9 Å². The van der Waals surface area contributed by atoms with Crippen molar-refractivity contribution >= 4 is 33.5 Å². The van der Waals surface area contributed by atoms with E-state index in [4.69, 9.17) is 9.47 Å². The molecule has 1 unspecified atom stereocenters. The van der Waals surface area contributed by atoms with Gasteiger partial charge in [0, 0.05) is 35.2 Å². The van der Waals surface area contributed by atoms with Crippen LogP contribution >= 0.6 is 0 Å². The summed E-state index contributed by atoms with van der Waals surface area (Å²) in [6.45, 7) is 2.84. The van der Waals surface area contributed by atoms with E-state index in [1.807, 2.05) is 31.2 Å². The standard InChI is InChI=1S/C21H21N3O4/c1-2-27-8-6-14-11-23-20(26)18-9-13-5-7-22-21(17(13)10-16(14)18)28-12-15-3-4-19(25)24-15/h5-11,15H,2-4,12H2,1H3,(H,23,26)(H,24,25)/b8-6-. The van der Waals surface area contributed by atoms with E-state index in [2.05, 4.69) is 15.3 Å². The van der Waals surface area contributed by atoms with Crippen molar-refractivity contribution < 1.29 is 14.3 Å². The zero-order valence-electron chi connectivity index (χ0n) is 15.5. The first kappa shape index (κ1) is 18.0. The number of pyridine rings is 2. The molecule has 2 aromatic heterocycles. The average Bonchev–Trinajstić information content (AvgIpc) is 3.12. The predicted octanol–water partition coefficient (Wildman–Crippen LogP) is 2.74. The van der Waals surface area contributed by atoms with E-state index in [1.54, 1.807) is 18.7 Å². The molecule has 28 heavy (non-hydrogen) atoms. The second-order valence-corrected chi connectivity index (χ2v) is 6.68. The van der Waals surface area contributed by atoms with Crippen LogP contribution < -0.4 is 15.6 Å². The third kappa shape index (κ3) is 3.55. The molecule has 4 rings (SSSR count). The number of aromatic amines is 1. The van der Waals surface area contributed by atoms with Crippen LogP contribution in [0.3, 0.4) is 0 Å². The van der Waals surface area contributed by atoms with Crippen LogP contribution in [0.15, 0.2) is 41.6 Å². The number of aromatic nitrogens is 2. The molecule has 144 valence electrons. The molecule has 1 amide bonds. The molecule has 1 aliphatic rings. The number of rotatable bonds is 6. The van der Waals surface area contributed by atoms with Gasteiger partial charge in [-0.25, -0.2) is 4.98 Å². The van der Waals surface area contributed by atoms with Crippen LogP contribution in [0.25, 0.3) is 27.6 Å². The van der Waals surface area contributed by atoms with E-state index in [9.17, 15) is 9.59 Å². The summed E-state index contributed by atoms with van der Waals surface area (Å²) in [6, 6.07) is 5.60. The molecule has 1 fully saturated rings.